The molecule has 12 aromatic rings. The van der Waals surface area contributed by atoms with E-state index in [0.717, 1.165) is 162 Å². The van der Waals surface area contributed by atoms with E-state index < -0.39 is 0 Å². The number of allylic oxidation sites excluding steroid dienone is 4. The Morgan fingerprint density at radius 1 is 0.347 bits per heavy atom. The van der Waals surface area contributed by atoms with Gasteiger partial charge in [-0.05, 0) is 110 Å². The molecule has 1 radical (unpaired) electrons. The van der Waals surface area contributed by atoms with Crippen LogP contribution in [0.4, 0.5) is 0 Å². The Morgan fingerprint density at radius 3 is 0.663 bits per heavy atom. The van der Waals surface area contributed by atoms with Gasteiger partial charge in [0.05, 0.1) is 55.9 Å². The number of aromatic nitrogens is 10. The summed E-state index contributed by atoms with van der Waals surface area (Å²) in [4.78, 5) is 70.3. The number of fused-ring (bicyclic) bond motifs is 17. The van der Waals surface area contributed by atoms with Gasteiger partial charge in [0.1, 0.15) is 0 Å². The van der Waals surface area contributed by atoms with Crippen molar-refractivity contribution in [2.75, 3.05) is 0 Å². The third-order valence-electron chi connectivity index (χ3n) is 15.9. The van der Waals surface area contributed by atoms with Crippen LogP contribution in [0.1, 0.15) is 126 Å². The standard InChI is InChI=1S/C36H44N4.3C12H8N2.3CHO.ClH.2Cu.2HI.Pt.Re/c1-9-21-22(10-2)30-18-32-25(13-5)26(14-6)34(39-32)20-36-28(16-8)27(15-7)35(40-36)19-33-24(12-4)23(11-3)31(38-33)17-29(21)37-30;3*1-3-9-5-6-10-4-2-8-14-12(10)11(9)13-7-1;3*1-2;;;;;;;/h17-20H,9-16H2,1-8H3;3*1-8H;3*1H;1H;;;2*1H;;/q-2;;;;3*-1;;;+2;;;;+1/p-1. The van der Waals surface area contributed by atoms with E-state index in [0.29, 0.717) is 0 Å². The molecule has 2 aliphatic heterocycles. The molecular weight excluding hydrogens is 1890 g/mol. The molecule has 0 saturated heterocycles. The molecular formula is C75H73ClCu2I2N10O3PtRe-3. The smallest absolute Gasteiger partial charge is 0.0964 e. The maximum Gasteiger partial charge on any atom is 0.0964 e. The first kappa shape index (κ1) is 81.3. The molecule has 504 valence electrons. The van der Waals surface area contributed by atoms with Crippen molar-refractivity contribution in [3.8, 4) is 0 Å². The van der Waals surface area contributed by atoms with E-state index in [9.17, 15) is 0 Å². The zero-order valence-corrected chi connectivity index (χ0v) is 66.0. The molecule has 0 fully saturated rings. The molecule has 0 aliphatic carbocycles. The van der Waals surface area contributed by atoms with Crippen molar-refractivity contribution in [3.05, 3.63) is 216 Å². The van der Waals surface area contributed by atoms with Crippen LogP contribution in [0.2, 0.25) is 0 Å². The molecule has 0 N–H and O–H groups in total. The van der Waals surface area contributed by atoms with Crippen molar-refractivity contribution in [1.29, 1.82) is 0 Å². The monoisotopic (exact) mass is 1960 g/mol. The third-order valence-corrected chi connectivity index (χ3v) is 15.9. The van der Waals surface area contributed by atoms with Crippen LogP contribution in [0.25, 0.3) is 110 Å². The Morgan fingerprint density at radius 2 is 0.516 bits per heavy atom. The van der Waals surface area contributed by atoms with Crippen LogP contribution in [0, 0.1) is 0 Å². The molecule has 3 aromatic carbocycles. The number of hydrogen-bond donors (Lipinski definition) is 0. The van der Waals surface area contributed by atoms with Crippen LogP contribution in [-0.4, -0.2) is 60.2 Å². The number of rotatable bonds is 8. The van der Waals surface area contributed by atoms with Crippen LogP contribution >= 0.6 is 9.53 Å². The Bertz CT molecular complexity index is 4060. The fourth-order valence-corrected chi connectivity index (χ4v) is 12.0. The second-order valence-corrected chi connectivity index (χ2v) is 29.7. The normalized spacial score (nSPS) is 10.9. The van der Waals surface area contributed by atoms with Gasteiger partial charge in [-0.2, -0.15) is 0 Å². The third kappa shape index (κ3) is 19.4. The first-order valence-electron chi connectivity index (χ1n) is 30.3. The Hall–Kier alpha value is -6.13. The van der Waals surface area contributed by atoms with Crippen LogP contribution in [0.5, 0.6) is 0 Å². The number of carbonyl (C=O) groups excluding carboxylic acids is 3. The van der Waals surface area contributed by atoms with E-state index in [4.69, 9.17) is 43.8 Å². The van der Waals surface area contributed by atoms with E-state index in [1.807, 2.05) is 85.5 Å². The van der Waals surface area contributed by atoms with Gasteiger partial charge in [-0.25, -0.2) is 9.97 Å². The topological polar surface area (TPSA) is 183 Å². The molecule has 13 nitrogen and oxygen atoms in total. The molecule has 0 spiro atoms. The molecule has 0 saturated carbocycles. The van der Waals surface area contributed by atoms with Crippen LogP contribution in [0.3, 0.4) is 0 Å². The number of pyridine rings is 6. The summed E-state index contributed by atoms with van der Waals surface area (Å²) in [5.41, 5.74) is 25.0. The second kappa shape index (κ2) is 42.5. The van der Waals surface area contributed by atoms with Gasteiger partial charge in [-0.1, -0.05) is 175 Å². The maximum atomic E-state index is 7.75. The number of aryl methyl sites for hydroxylation is 4. The molecule has 14 rings (SSSR count). The molecule has 9 aromatic heterocycles. The number of hydrogen-bond acceptors (Lipinski definition) is 11. The SMILES string of the molecule is CCC1=C(CC)c2cc3[n-]c(cc4nc(cc5[n-]c(cc1n2)c(CC)c5CC)C(CC)=C4CC)c(CC)c3CC.[CH-]=O.[CH-]=O.[CH-]=O.[Cl][Re].[Cu].[IH+][Cu][IH+].[Pt].c1cnc2c(c1)ccc1cccnc12.c1cnc2c(c1)ccc1cccnc12.c1cnc2c(c1)ccc1cccnc12. The van der Waals surface area contributed by atoms with Gasteiger partial charge in [-0.15, -0.1) is 22.1 Å². The fourth-order valence-electron chi connectivity index (χ4n) is 12.0. The van der Waals surface area contributed by atoms with Gasteiger partial charge < -0.3 is 24.4 Å². The minimum atomic E-state index is 0. The minimum Gasteiger partial charge on any atom is -0.254 e. The van der Waals surface area contributed by atoms with Gasteiger partial charge >= 0.3 is 76.9 Å². The molecule has 0 unspecified atom stereocenters. The van der Waals surface area contributed by atoms with Gasteiger partial charge in [0.2, 0.25) is 0 Å². The number of halogens is 3. The predicted molar refractivity (Wildman–Crippen MR) is 371 cm³/mol. The van der Waals surface area contributed by atoms with Gasteiger partial charge in [-0.3, -0.25) is 50.3 Å². The minimum absolute atomic E-state index is 0. The summed E-state index contributed by atoms with van der Waals surface area (Å²) in [6.07, 6.45) is 18.4. The van der Waals surface area contributed by atoms with Crippen molar-refractivity contribution >= 4 is 140 Å². The zero-order valence-electron chi connectivity index (χ0n) is 53.7. The second-order valence-electron chi connectivity index (χ2n) is 20.5. The van der Waals surface area contributed by atoms with Crippen LogP contribution in [0.15, 0.2) is 171 Å². The molecule has 2 aliphatic rings. The summed E-state index contributed by atoms with van der Waals surface area (Å²) >= 11 is 5.16. The first-order chi connectivity index (χ1) is 45.7. The van der Waals surface area contributed by atoms with E-state index in [1.54, 1.807) is 37.2 Å². The van der Waals surface area contributed by atoms with Crippen molar-refractivity contribution in [1.82, 2.24) is 49.8 Å². The zero-order chi connectivity index (χ0) is 67.4. The quantitative estimate of drug-likeness (QED) is 0.0461. The summed E-state index contributed by atoms with van der Waals surface area (Å²) in [5.74, 6) is 0. The van der Waals surface area contributed by atoms with Crippen molar-refractivity contribution < 1.29 is 120 Å². The molecule has 0 atom stereocenters. The van der Waals surface area contributed by atoms with Crippen molar-refractivity contribution in [2.45, 2.75) is 107 Å². The predicted octanol–water partition coefficient (Wildman–Crippen LogP) is 11.0. The average Bonchev–Trinajstić information content (AvgIpc) is 1.68. The number of nitrogens with zero attached hydrogens (tertiary/aromatic N) is 10. The molecule has 0 amide bonds. The Balaban J connectivity index is 0.000000286. The Kier molecular flexibility index (Phi) is 36.4. The average molecular weight is 1960 g/mol. The largest absolute Gasteiger partial charge is 0.254 e. The summed E-state index contributed by atoms with van der Waals surface area (Å²) in [7, 11) is 6.53. The van der Waals surface area contributed by atoms with Crippen LogP contribution < -0.4 is 50.7 Å². The number of benzene rings is 3. The molecule has 8 bridgehead atoms. The van der Waals surface area contributed by atoms with E-state index in [-0.39, 0.29) is 38.1 Å². The molecule has 95 heavy (non-hydrogen) atoms. The Labute approximate surface area is 625 Å². The van der Waals surface area contributed by atoms with Crippen LogP contribution in [-0.2, 0) is 105 Å². The summed E-state index contributed by atoms with van der Waals surface area (Å²) in [5, 5.41) is 6.83. The van der Waals surface area contributed by atoms with Gasteiger partial charge in [0, 0.05) is 108 Å². The van der Waals surface area contributed by atoms with E-state index >= 15 is 0 Å². The maximum absolute atomic E-state index is 7.75. The molecule has 11 heterocycles. The summed E-state index contributed by atoms with van der Waals surface area (Å²) in [6, 6.07) is 45.4. The van der Waals surface area contributed by atoms with Crippen molar-refractivity contribution in [3.63, 3.8) is 0 Å². The van der Waals surface area contributed by atoms with Gasteiger partial charge in [0.25, 0.3) is 0 Å². The summed E-state index contributed by atoms with van der Waals surface area (Å²) in [6.45, 7) is 27.7. The van der Waals surface area contributed by atoms with Crippen molar-refractivity contribution in [2.24, 2.45) is 0 Å². The summed E-state index contributed by atoms with van der Waals surface area (Å²) < 4.78 is 0. The first-order valence-corrected chi connectivity index (χ1v) is 40.2. The van der Waals surface area contributed by atoms with E-state index in [2.05, 4.69) is 203 Å². The molecule has 20 heteroatoms. The van der Waals surface area contributed by atoms with Gasteiger partial charge in [0.15, 0.2) is 0 Å². The fraction of sp³-hybridized carbons (Fsp3) is 0.213. The van der Waals surface area contributed by atoms with E-state index in [1.165, 1.54) is 62.7 Å².